The molecule has 0 aliphatic carbocycles. The van der Waals surface area contributed by atoms with E-state index in [1.165, 1.54) is 6.07 Å². The SMILES string of the molecule is CNCc1ccc(S(=O)(=O)NC(C)CSC)nc1. The Kier molecular flexibility index (Phi) is 6.07. The predicted molar refractivity (Wildman–Crippen MR) is 75.2 cm³/mol. The van der Waals surface area contributed by atoms with Crippen LogP contribution < -0.4 is 10.0 Å². The normalized spacial score (nSPS) is 13.5. The van der Waals surface area contributed by atoms with E-state index in [0.717, 1.165) is 11.3 Å². The molecule has 0 saturated carbocycles. The molecule has 5 nitrogen and oxygen atoms in total. The summed E-state index contributed by atoms with van der Waals surface area (Å²) < 4.78 is 26.6. The highest BCUT2D eigenvalue weighted by atomic mass is 32.2. The Bertz CT molecular complexity index is 460. The van der Waals surface area contributed by atoms with E-state index in [0.29, 0.717) is 6.54 Å². The average Bonchev–Trinajstić information content (AvgIpc) is 2.29. The lowest BCUT2D eigenvalue weighted by atomic mass is 10.3. The number of aromatic nitrogens is 1. The number of thioether (sulfide) groups is 1. The van der Waals surface area contributed by atoms with Crippen molar-refractivity contribution in [3.05, 3.63) is 23.9 Å². The highest BCUT2D eigenvalue weighted by Crippen LogP contribution is 2.08. The second-order valence-electron chi connectivity index (χ2n) is 4.01. The molecule has 7 heteroatoms. The fraction of sp³-hybridized carbons (Fsp3) is 0.545. The molecule has 1 aromatic heterocycles. The van der Waals surface area contributed by atoms with Crippen molar-refractivity contribution in [2.24, 2.45) is 0 Å². The van der Waals surface area contributed by atoms with Crippen molar-refractivity contribution in [2.75, 3.05) is 19.1 Å². The van der Waals surface area contributed by atoms with Crippen LogP contribution in [0.25, 0.3) is 0 Å². The zero-order chi connectivity index (χ0) is 13.6. The summed E-state index contributed by atoms with van der Waals surface area (Å²) in [5.74, 6) is 0.733. The zero-order valence-electron chi connectivity index (χ0n) is 10.8. The number of hydrogen-bond acceptors (Lipinski definition) is 5. The lowest BCUT2D eigenvalue weighted by Gasteiger charge is -2.12. The topological polar surface area (TPSA) is 71.1 Å². The van der Waals surface area contributed by atoms with E-state index in [2.05, 4.69) is 15.0 Å². The standard InChI is InChI=1S/C11H19N3O2S2/c1-9(8-17-3)14-18(15,16)11-5-4-10(6-12-2)7-13-11/h4-5,7,9,12,14H,6,8H2,1-3H3. The quantitative estimate of drug-likeness (QED) is 0.778. The maximum atomic E-state index is 12.0. The average molecular weight is 289 g/mol. The van der Waals surface area contributed by atoms with Gasteiger partial charge in [0.2, 0.25) is 0 Å². The Morgan fingerprint density at radius 1 is 1.44 bits per heavy atom. The monoisotopic (exact) mass is 289 g/mol. The maximum Gasteiger partial charge on any atom is 0.258 e. The molecule has 1 unspecified atom stereocenters. The lowest BCUT2D eigenvalue weighted by Crippen LogP contribution is -2.34. The number of hydrogen-bond donors (Lipinski definition) is 2. The van der Waals surface area contributed by atoms with Crippen LogP contribution in [-0.4, -0.2) is 38.5 Å². The highest BCUT2D eigenvalue weighted by Gasteiger charge is 2.18. The fourth-order valence-electron chi connectivity index (χ4n) is 1.49. The lowest BCUT2D eigenvalue weighted by molar-refractivity contribution is 0.567. The molecule has 0 spiro atoms. The first-order chi connectivity index (χ1) is 8.49. The minimum Gasteiger partial charge on any atom is -0.316 e. The minimum absolute atomic E-state index is 0.0651. The van der Waals surface area contributed by atoms with Gasteiger partial charge in [-0.05, 0) is 31.9 Å². The van der Waals surface area contributed by atoms with Crippen molar-refractivity contribution in [1.29, 1.82) is 0 Å². The van der Waals surface area contributed by atoms with Gasteiger partial charge in [0.25, 0.3) is 10.0 Å². The Balaban J connectivity index is 2.78. The van der Waals surface area contributed by atoms with Gasteiger partial charge in [-0.1, -0.05) is 6.07 Å². The molecule has 1 rings (SSSR count). The molecule has 102 valence electrons. The van der Waals surface area contributed by atoms with E-state index in [4.69, 9.17) is 0 Å². The van der Waals surface area contributed by atoms with Gasteiger partial charge >= 0.3 is 0 Å². The third-order valence-electron chi connectivity index (χ3n) is 2.23. The van der Waals surface area contributed by atoms with Gasteiger partial charge in [-0.3, -0.25) is 0 Å². The number of nitrogens with zero attached hydrogens (tertiary/aromatic N) is 1. The van der Waals surface area contributed by atoms with Gasteiger partial charge in [-0.15, -0.1) is 0 Å². The molecule has 2 N–H and O–H groups in total. The van der Waals surface area contributed by atoms with Gasteiger partial charge in [0.15, 0.2) is 5.03 Å². The largest absolute Gasteiger partial charge is 0.316 e. The summed E-state index contributed by atoms with van der Waals surface area (Å²) in [6.07, 6.45) is 3.51. The van der Waals surface area contributed by atoms with Crippen LogP contribution in [0.5, 0.6) is 0 Å². The van der Waals surface area contributed by atoms with Crippen LogP contribution in [0.2, 0.25) is 0 Å². The first-order valence-corrected chi connectivity index (χ1v) is 8.48. The zero-order valence-corrected chi connectivity index (χ0v) is 12.4. The molecule has 0 saturated heterocycles. The van der Waals surface area contributed by atoms with Gasteiger partial charge in [-0.2, -0.15) is 11.8 Å². The Morgan fingerprint density at radius 3 is 2.67 bits per heavy atom. The third kappa shape index (κ3) is 4.56. The Morgan fingerprint density at radius 2 is 2.17 bits per heavy atom. The molecule has 0 aliphatic rings. The molecule has 0 aromatic carbocycles. The smallest absolute Gasteiger partial charge is 0.258 e. The molecule has 1 heterocycles. The van der Waals surface area contributed by atoms with Gasteiger partial charge in [0.1, 0.15) is 0 Å². The van der Waals surface area contributed by atoms with Crippen LogP contribution in [0.4, 0.5) is 0 Å². The van der Waals surface area contributed by atoms with E-state index in [9.17, 15) is 8.42 Å². The third-order valence-corrected chi connectivity index (χ3v) is 4.56. The molecule has 0 amide bonds. The molecule has 0 aliphatic heterocycles. The van der Waals surface area contributed by atoms with Crippen LogP contribution in [-0.2, 0) is 16.6 Å². The van der Waals surface area contributed by atoms with Gasteiger partial charge in [-0.25, -0.2) is 18.1 Å². The van der Waals surface area contributed by atoms with Crippen LogP contribution in [0.3, 0.4) is 0 Å². The Hall–Kier alpha value is -0.630. The summed E-state index contributed by atoms with van der Waals surface area (Å²) in [5, 5.41) is 3.05. The van der Waals surface area contributed by atoms with Gasteiger partial charge in [0.05, 0.1) is 0 Å². The molecule has 0 fully saturated rings. The molecule has 1 atom stereocenters. The van der Waals surface area contributed by atoms with Crippen molar-refractivity contribution in [3.63, 3.8) is 0 Å². The summed E-state index contributed by atoms with van der Waals surface area (Å²) in [6, 6.07) is 3.18. The molecular weight excluding hydrogens is 270 g/mol. The van der Waals surface area contributed by atoms with E-state index >= 15 is 0 Å². The molecule has 0 radical (unpaired) electrons. The van der Waals surface area contributed by atoms with Crippen LogP contribution in [0, 0.1) is 0 Å². The fourth-order valence-corrected chi connectivity index (χ4v) is 3.35. The van der Waals surface area contributed by atoms with Crippen molar-refractivity contribution < 1.29 is 8.42 Å². The van der Waals surface area contributed by atoms with E-state index in [1.807, 2.05) is 20.2 Å². The second kappa shape index (κ2) is 7.08. The predicted octanol–water partition coefficient (Wildman–Crippen LogP) is 0.831. The number of pyridine rings is 1. The molecular formula is C11H19N3O2S2. The Labute approximate surface area is 113 Å². The van der Waals surface area contributed by atoms with Gasteiger partial charge < -0.3 is 5.32 Å². The molecule has 0 bridgehead atoms. The van der Waals surface area contributed by atoms with Gasteiger partial charge in [0, 0.05) is 24.5 Å². The highest BCUT2D eigenvalue weighted by molar-refractivity contribution is 7.98. The number of rotatable bonds is 7. The number of sulfonamides is 1. The maximum absolute atomic E-state index is 12.0. The summed E-state index contributed by atoms with van der Waals surface area (Å²) in [5.41, 5.74) is 0.952. The first kappa shape index (κ1) is 15.4. The van der Waals surface area contributed by atoms with E-state index < -0.39 is 10.0 Å². The summed E-state index contributed by atoms with van der Waals surface area (Å²) in [6.45, 7) is 2.51. The molecule has 18 heavy (non-hydrogen) atoms. The van der Waals surface area contributed by atoms with Crippen molar-refractivity contribution in [3.8, 4) is 0 Å². The van der Waals surface area contributed by atoms with Crippen LogP contribution in [0.15, 0.2) is 23.4 Å². The summed E-state index contributed by atoms with van der Waals surface area (Å²) >= 11 is 1.60. The van der Waals surface area contributed by atoms with Crippen LogP contribution >= 0.6 is 11.8 Å². The van der Waals surface area contributed by atoms with E-state index in [-0.39, 0.29) is 11.1 Å². The van der Waals surface area contributed by atoms with Crippen molar-refractivity contribution in [1.82, 2.24) is 15.0 Å². The van der Waals surface area contributed by atoms with Crippen molar-refractivity contribution >= 4 is 21.8 Å². The summed E-state index contributed by atoms with van der Waals surface area (Å²) in [4.78, 5) is 3.98. The number of nitrogens with one attached hydrogen (secondary N) is 2. The minimum atomic E-state index is -3.51. The van der Waals surface area contributed by atoms with Crippen LogP contribution in [0.1, 0.15) is 12.5 Å². The summed E-state index contributed by atoms with van der Waals surface area (Å²) in [7, 11) is -1.68. The first-order valence-electron chi connectivity index (χ1n) is 5.60. The molecule has 1 aromatic rings. The second-order valence-corrected chi connectivity index (χ2v) is 6.58. The van der Waals surface area contributed by atoms with E-state index in [1.54, 1.807) is 24.0 Å². The van der Waals surface area contributed by atoms with Crippen molar-refractivity contribution in [2.45, 2.75) is 24.5 Å².